The number of hydrogen-bond acceptors (Lipinski definition) is 31. The lowest BCUT2D eigenvalue weighted by molar-refractivity contribution is -0.404. The van der Waals surface area contributed by atoms with Crippen molar-refractivity contribution in [2.45, 2.75) is 197 Å². The molecule has 414 valence electrons. The minimum Gasteiger partial charge on any atom is -0.396 e. The first kappa shape index (κ1) is 57.5. The Morgan fingerprint density at radius 1 is 0.254 bits per heavy atom. The molecule has 0 aromatic heterocycles. The average molecular weight is 1040 g/mol. The van der Waals surface area contributed by atoms with Crippen LogP contribution in [-0.2, 0) is 61.6 Å². The molecule has 31 heteroatoms. The van der Waals surface area contributed by atoms with Gasteiger partial charge in [-0.1, -0.05) is 0 Å². The third-order valence-corrected chi connectivity index (χ3v) is 13.5. The Kier molecular flexibility index (Phi) is 20.5. The third-order valence-electron chi connectivity index (χ3n) is 13.5. The van der Waals surface area contributed by atoms with E-state index in [9.17, 15) is 91.9 Å². The molecule has 22 heterocycles. The molecule has 22 aliphatic rings. The van der Waals surface area contributed by atoms with Gasteiger partial charge in [-0.2, -0.15) is 0 Å². The number of aliphatic hydroxyl groups excluding tert-OH is 18. The maximum atomic E-state index is 11.8. The second kappa shape index (κ2) is 25.3. The molecule has 0 radical (unpaired) electrons. The number of ether oxygens (including phenoxy) is 13. The molecular formula is C40H68O31. The van der Waals surface area contributed by atoms with E-state index in [1.165, 1.54) is 0 Å². The van der Waals surface area contributed by atoms with E-state index in [4.69, 9.17) is 61.6 Å². The lowest BCUT2D eigenvalue weighted by Gasteiger charge is -2.51. The van der Waals surface area contributed by atoms with Crippen LogP contribution in [0.3, 0.4) is 0 Å². The highest BCUT2D eigenvalue weighted by Crippen LogP contribution is 2.38. The Morgan fingerprint density at radius 3 is 0.718 bits per heavy atom. The second-order valence-corrected chi connectivity index (χ2v) is 18.1. The lowest BCUT2D eigenvalue weighted by Crippen LogP contribution is -2.69. The molecule has 22 rings (SSSR count). The summed E-state index contributed by atoms with van der Waals surface area (Å²) in [6, 6.07) is 0. The molecule has 0 spiro atoms. The zero-order valence-electron chi connectivity index (χ0n) is 37.7. The van der Waals surface area contributed by atoms with E-state index in [2.05, 4.69) is 0 Å². The molecule has 12 bridgehead atoms. The molecule has 0 unspecified atom stereocenters. The van der Waals surface area contributed by atoms with Gasteiger partial charge in [0, 0.05) is 13.2 Å². The highest BCUT2D eigenvalue weighted by atomic mass is 16.8. The van der Waals surface area contributed by atoms with Crippen molar-refractivity contribution in [2.24, 2.45) is 0 Å². The number of rotatable bonds is 11. The van der Waals surface area contributed by atoms with E-state index in [0.29, 0.717) is 0 Å². The van der Waals surface area contributed by atoms with E-state index < -0.39 is 224 Å². The molecule has 18 N–H and O–H groups in total. The monoisotopic (exact) mass is 1040 g/mol. The minimum atomic E-state index is -2.15. The Bertz CT molecular complexity index is 1600. The van der Waals surface area contributed by atoms with Crippen LogP contribution in [-0.4, -0.2) is 329 Å². The standard InChI is InChI=1S/C40H68O31/c41-3-1-2-4-59-34-27(58)40-65-16(10-47)33(34)71-39-26(57)21(52)31(14(8-45)64-39)69-37-24(55)19(50)29(12(6-43)62-37)67-35-22(53)17(48)28(11(5-42)60-35)66-36-23(54)18(49)30(13(7-44)61-36)68-38-25(56)20(51)32(70-40)15(9-46)63-38/h11-58H,1-10H2/t11-,12-,13-,14-,15-,16-,17-,18-,19-,20-,21-,22-,23-,24-,25-,26-,27-,28-,29-,30-,31-,32-,33+,34-,35-,36-,37-,38-,39-,40-/m1/s1. The van der Waals surface area contributed by atoms with E-state index in [-0.39, 0.29) is 26.1 Å². The summed E-state index contributed by atoms with van der Waals surface area (Å²) in [4.78, 5) is 0. The van der Waals surface area contributed by atoms with Gasteiger partial charge in [-0.15, -0.1) is 0 Å². The van der Waals surface area contributed by atoms with Gasteiger partial charge in [0.15, 0.2) is 37.7 Å². The van der Waals surface area contributed by atoms with Crippen LogP contribution in [0.5, 0.6) is 0 Å². The Labute approximate surface area is 403 Å². The van der Waals surface area contributed by atoms with Crippen molar-refractivity contribution < 1.29 is 153 Å². The summed E-state index contributed by atoms with van der Waals surface area (Å²) < 4.78 is 75.2. The van der Waals surface area contributed by atoms with Crippen LogP contribution < -0.4 is 0 Å². The molecule has 0 aliphatic carbocycles. The number of aliphatic hydroxyl groups is 18. The van der Waals surface area contributed by atoms with Crippen molar-refractivity contribution >= 4 is 0 Å². The minimum absolute atomic E-state index is 0.186. The summed E-state index contributed by atoms with van der Waals surface area (Å²) in [5.41, 5.74) is 0. The first-order valence-electron chi connectivity index (χ1n) is 23.2. The predicted molar refractivity (Wildman–Crippen MR) is 216 cm³/mol. The molecular weight excluding hydrogens is 976 g/mol. The Balaban J connectivity index is 1.21. The average Bonchev–Trinajstić information content (AvgIpc) is 3.36. The fourth-order valence-corrected chi connectivity index (χ4v) is 9.54. The van der Waals surface area contributed by atoms with Crippen LogP contribution >= 0.6 is 0 Å². The zero-order valence-corrected chi connectivity index (χ0v) is 37.7. The van der Waals surface area contributed by atoms with Gasteiger partial charge in [0.2, 0.25) is 0 Å². The van der Waals surface area contributed by atoms with Gasteiger partial charge in [-0.3, -0.25) is 0 Å². The van der Waals surface area contributed by atoms with Crippen molar-refractivity contribution in [1.82, 2.24) is 0 Å². The smallest absolute Gasteiger partial charge is 0.187 e. The first-order chi connectivity index (χ1) is 34.0. The van der Waals surface area contributed by atoms with Crippen molar-refractivity contribution in [2.75, 3.05) is 52.9 Å². The van der Waals surface area contributed by atoms with E-state index in [0.717, 1.165) is 0 Å². The molecule has 0 aromatic carbocycles. The van der Waals surface area contributed by atoms with Gasteiger partial charge in [-0.05, 0) is 12.8 Å². The summed E-state index contributed by atoms with van der Waals surface area (Å²) in [7, 11) is 0. The van der Waals surface area contributed by atoms with Crippen molar-refractivity contribution in [1.29, 1.82) is 0 Å². The van der Waals surface area contributed by atoms with E-state index in [1.807, 2.05) is 0 Å². The summed E-state index contributed by atoms with van der Waals surface area (Å²) >= 11 is 0. The number of hydrogen-bond donors (Lipinski definition) is 18. The van der Waals surface area contributed by atoms with E-state index >= 15 is 0 Å². The van der Waals surface area contributed by atoms with Crippen molar-refractivity contribution in [3.8, 4) is 0 Å². The summed E-state index contributed by atoms with van der Waals surface area (Å²) in [5, 5.41) is 197. The van der Waals surface area contributed by atoms with Crippen LogP contribution in [0.1, 0.15) is 12.8 Å². The van der Waals surface area contributed by atoms with Crippen LogP contribution in [0.25, 0.3) is 0 Å². The number of unbranched alkanes of at least 4 members (excludes halogenated alkanes) is 1. The fraction of sp³-hybridized carbons (Fsp3) is 1.00. The molecule has 31 nitrogen and oxygen atoms in total. The van der Waals surface area contributed by atoms with Crippen molar-refractivity contribution in [3.63, 3.8) is 0 Å². The SMILES string of the molecule is OCCCCO[C@@H]1[C@@H](O)[C@H]2O[C@H]3[C@H](O)[C@@H](O)[C@@H](O[C@H]4[C@H](O)[C@@H](O)[C@@H](O[C@H]5[C@H](O)[C@@H](O)[C@@H](O[C@H]6[C@H](O)[C@@H](O)[C@@H](O[C@H]7[C@H](O)[C@@H](O)[C@@H](O[C@H]1[C@@H](CO)O2)O[C@@H]7CO)O[C@@H]6CO)O[C@@H]5CO)O[C@@H]4CO)O[C@@H]3CO. The van der Waals surface area contributed by atoms with Gasteiger partial charge in [0.05, 0.1) is 39.6 Å². The third kappa shape index (κ3) is 11.9. The highest BCUT2D eigenvalue weighted by Gasteiger charge is 2.59. The quantitative estimate of drug-likeness (QED) is 0.0855. The predicted octanol–water partition coefficient (Wildman–Crippen LogP) is -12.3. The topological polar surface area (TPSA) is 484 Å². The summed E-state index contributed by atoms with van der Waals surface area (Å²) in [6.45, 7) is -6.35. The molecule has 22 saturated heterocycles. The Morgan fingerprint density at radius 2 is 0.479 bits per heavy atom. The van der Waals surface area contributed by atoms with Crippen LogP contribution in [0, 0.1) is 0 Å². The maximum absolute atomic E-state index is 11.8. The zero-order chi connectivity index (χ0) is 51.6. The molecule has 0 saturated carbocycles. The lowest BCUT2D eigenvalue weighted by atomic mass is 9.94. The highest BCUT2D eigenvalue weighted by molar-refractivity contribution is 5.01. The largest absolute Gasteiger partial charge is 0.396 e. The van der Waals surface area contributed by atoms with Gasteiger partial charge < -0.3 is 153 Å². The normalized spacial score (nSPS) is 52.3. The van der Waals surface area contributed by atoms with Crippen LogP contribution in [0.2, 0.25) is 0 Å². The summed E-state index contributed by atoms with van der Waals surface area (Å²) in [6.07, 6.45) is -56.9. The maximum Gasteiger partial charge on any atom is 0.187 e. The first-order valence-corrected chi connectivity index (χ1v) is 23.2. The van der Waals surface area contributed by atoms with Crippen LogP contribution in [0.4, 0.5) is 0 Å². The fourth-order valence-electron chi connectivity index (χ4n) is 9.54. The van der Waals surface area contributed by atoms with Gasteiger partial charge >= 0.3 is 0 Å². The van der Waals surface area contributed by atoms with Crippen molar-refractivity contribution in [3.05, 3.63) is 0 Å². The summed E-state index contributed by atoms with van der Waals surface area (Å²) in [5.74, 6) is 0. The second-order valence-electron chi connectivity index (χ2n) is 18.1. The molecule has 22 aliphatic heterocycles. The molecule has 30 atom stereocenters. The van der Waals surface area contributed by atoms with Gasteiger partial charge in [0.1, 0.15) is 146 Å². The molecule has 0 aromatic rings. The van der Waals surface area contributed by atoms with E-state index in [1.54, 1.807) is 0 Å². The van der Waals surface area contributed by atoms with Gasteiger partial charge in [-0.25, -0.2) is 0 Å². The molecule has 71 heavy (non-hydrogen) atoms. The molecule has 0 amide bonds. The van der Waals surface area contributed by atoms with Gasteiger partial charge in [0.25, 0.3) is 0 Å². The molecule has 22 fully saturated rings. The Hall–Kier alpha value is -1.24. The van der Waals surface area contributed by atoms with Crippen LogP contribution in [0.15, 0.2) is 0 Å².